The van der Waals surface area contributed by atoms with Crippen molar-refractivity contribution in [2.75, 3.05) is 31.3 Å². The molecule has 0 aliphatic heterocycles. The first kappa shape index (κ1) is 30.0. The van der Waals surface area contributed by atoms with E-state index in [2.05, 4.69) is 5.32 Å². The summed E-state index contributed by atoms with van der Waals surface area (Å²) in [5, 5.41) is 2.95. The van der Waals surface area contributed by atoms with Crippen molar-refractivity contribution in [2.45, 2.75) is 59.2 Å². The van der Waals surface area contributed by atoms with E-state index in [1.807, 2.05) is 58.9 Å². The smallest absolute Gasteiger partial charge is 0.244 e. The number of sulfonamides is 1. The van der Waals surface area contributed by atoms with Crippen LogP contribution in [0.3, 0.4) is 0 Å². The molecule has 2 aromatic carbocycles. The number of nitrogens with one attached hydrogen (secondary N) is 1. The van der Waals surface area contributed by atoms with Gasteiger partial charge in [-0.25, -0.2) is 8.42 Å². The van der Waals surface area contributed by atoms with Gasteiger partial charge in [-0.2, -0.15) is 0 Å². The molecule has 0 heterocycles. The first-order chi connectivity index (χ1) is 17.2. The van der Waals surface area contributed by atoms with Crippen molar-refractivity contribution in [3.8, 4) is 11.5 Å². The molecule has 0 fully saturated rings. The lowest BCUT2D eigenvalue weighted by Gasteiger charge is -2.35. The first-order valence-corrected chi connectivity index (χ1v) is 13.9. The van der Waals surface area contributed by atoms with Crippen LogP contribution in [-0.4, -0.2) is 63.7 Å². The molecule has 2 aromatic rings. The maximum atomic E-state index is 13.9. The van der Waals surface area contributed by atoms with Crippen LogP contribution >= 0.6 is 0 Å². The van der Waals surface area contributed by atoms with Crippen molar-refractivity contribution >= 4 is 27.5 Å². The Hall–Kier alpha value is -3.27. The van der Waals surface area contributed by atoms with Crippen molar-refractivity contribution in [1.29, 1.82) is 0 Å². The number of benzene rings is 2. The van der Waals surface area contributed by atoms with Crippen molar-refractivity contribution in [3.05, 3.63) is 53.6 Å². The molecule has 2 rings (SSSR count). The summed E-state index contributed by atoms with van der Waals surface area (Å²) < 4.78 is 37.5. The van der Waals surface area contributed by atoms with E-state index in [9.17, 15) is 18.0 Å². The molecule has 0 aliphatic rings. The molecule has 0 saturated heterocycles. The average Bonchev–Trinajstić information content (AvgIpc) is 2.81. The third-order valence-corrected chi connectivity index (χ3v) is 6.95. The van der Waals surface area contributed by atoms with Crippen LogP contribution in [0.5, 0.6) is 11.5 Å². The van der Waals surface area contributed by atoms with Crippen LogP contribution < -0.4 is 19.1 Å². The van der Waals surface area contributed by atoms with Gasteiger partial charge in [0.1, 0.15) is 24.1 Å². The Bertz CT molecular complexity index is 1210. The lowest BCUT2D eigenvalue weighted by Crippen LogP contribution is -2.55. The SMILES string of the molecule is CC[C@@H](C(=O)NC(C)(C)C)N(Cc1ccccc1C)C(=O)CN(c1cc(OC)ccc1OC)S(C)(=O)=O. The first-order valence-electron chi connectivity index (χ1n) is 12.1. The number of anilines is 1. The second-order valence-electron chi connectivity index (χ2n) is 9.92. The molecule has 0 spiro atoms. The minimum Gasteiger partial charge on any atom is -0.497 e. The molecule has 1 N–H and O–H groups in total. The number of carbonyl (C=O) groups is 2. The molecule has 1 atom stereocenters. The quantitative estimate of drug-likeness (QED) is 0.474. The topological polar surface area (TPSA) is 105 Å². The van der Waals surface area contributed by atoms with Gasteiger partial charge in [0.2, 0.25) is 21.8 Å². The fraction of sp³-hybridized carbons (Fsp3) is 0.481. The zero-order valence-electron chi connectivity index (χ0n) is 23.0. The van der Waals surface area contributed by atoms with Crippen LogP contribution in [0, 0.1) is 6.92 Å². The Balaban J connectivity index is 2.56. The summed E-state index contributed by atoms with van der Waals surface area (Å²) in [6.07, 6.45) is 1.37. The minimum absolute atomic E-state index is 0.147. The maximum Gasteiger partial charge on any atom is 0.244 e. The van der Waals surface area contributed by atoms with Gasteiger partial charge < -0.3 is 19.7 Å². The van der Waals surface area contributed by atoms with E-state index in [4.69, 9.17) is 9.47 Å². The molecular formula is C27H39N3O6S. The maximum absolute atomic E-state index is 13.9. The second-order valence-corrected chi connectivity index (χ2v) is 11.8. The van der Waals surface area contributed by atoms with Crippen LogP contribution in [0.2, 0.25) is 0 Å². The molecule has 9 nitrogen and oxygen atoms in total. The highest BCUT2D eigenvalue weighted by atomic mass is 32.2. The summed E-state index contributed by atoms with van der Waals surface area (Å²) in [7, 11) is -1.03. The molecule has 0 saturated carbocycles. The number of aryl methyl sites for hydroxylation is 1. The highest BCUT2D eigenvalue weighted by Crippen LogP contribution is 2.34. The number of hydrogen-bond acceptors (Lipinski definition) is 6. The van der Waals surface area contributed by atoms with Gasteiger partial charge in [0.15, 0.2) is 0 Å². The molecule has 0 unspecified atom stereocenters. The molecular weight excluding hydrogens is 494 g/mol. The fourth-order valence-corrected chi connectivity index (χ4v) is 4.77. The summed E-state index contributed by atoms with van der Waals surface area (Å²) in [6, 6.07) is 11.5. The van der Waals surface area contributed by atoms with Crippen LogP contribution in [0.1, 0.15) is 45.2 Å². The fourth-order valence-electron chi connectivity index (χ4n) is 3.93. The molecule has 37 heavy (non-hydrogen) atoms. The summed E-state index contributed by atoms with van der Waals surface area (Å²) >= 11 is 0. The van der Waals surface area contributed by atoms with Crippen molar-refractivity contribution in [1.82, 2.24) is 10.2 Å². The van der Waals surface area contributed by atoms with Gasteiger partial charge in [0, 0.05) is 18.2 Å². The molecule has 0 bridgehead atoms. The molecule has 0 radical (unpaired) electrons. The molecule has 0 aromatic heterocycles. The highest BCUT2D eigenvalue weighted by molar-refractivity contribution is 7.92. The third kappa shape index (κ3) is 8.11. The van der Waals surface area contributed by atoms with Gasteiger partial charge >= 0.3 is 0 Å². The summed E-state index contributed by atoms with van der Waals surface area (Å²) in [5.74, 6) is -0.150. The van der Waals surface area contributed by atoms with Crippen molar-refractivity contribution in [2.24, 2.45) is 0 Å². The van der Waals surface area contributed by atoms with Gasteiger partial charge in [-0.1, -0.05) is 31.2 Å². The van der Waals surface area contributed by atoms with Gasteiger partial charge in [0.05, 0.1) is 26.2 Å². The number of methoxy groups -OCH3 is 2. The monoisotopic (exact) mass is 533 g/mol. The van der Waals surface area contributed by atoms with Crippen LogP contribution in [-0.2, 0) is 26.2 Å². The van der Waals surface area contributed by atoms with Gasteiger partial charge in [-0.15, -0.1) is 0 Å². The van der Waals surface area contributed by atoms with Crippen LogP contribution in [0.15, 0.2) is 42.5 Å². The molecule has 204 valence electrons. The number of ether oxygens (including phenoxy) is 2. The molecule has 0 aliphatic carbocycles. The predicted octanol–water partition coefficient (Wildman–Crippen LogP) is 3.50. The van der Waals surface area contributed by atoms with Gasteiger partial charge in [-0.05, 0) is 57.4 Å². The lowest BCUT2D eigenvalue weighted by molar-refractivity contribution is -0.141. The Morgan fingerprint density at radius 2 is 1.70 bits per heavy atom. The highest BCUT2D eigenvalue weighted by Gasteiger charge is 2.34. The molecule has 2 amide bonds. The summed E-state index contributed by atoms with van der Waals surface area (Å²) in [5.41, 5.74) is 1.48. The van der Waals surface area contributed by atoms with E-state index < -0.39 is 34.1 Å². The summed E-state index contributed by atoms with van der Waals surface area (Å²) in [4.78, 5) is 28.6. The van der Waals surface area contributed by atoms with Gasteiger partial charge in [-0.3, -0.25) is 13.9 Å². The minimum atomic E-state index is -3.92. The number of rotatable bonds is 11. The van der Waals surface area contributed by atoms with E-state index in [1.165, 1.54) is 25.2 Å². The average molecular weight is 534 g/mol. The van der Waals surface area contributed by atoms with E-state index in [1.54, 1.807) is 12.1 Å². The second kappa shape index (κ2) is 12.3. The zero-order chi connectivity index (χ0) is 28.0. The van der Waals surface area contributed by atoms with Crippen LogP contribution in [0.25, 0.3) is 0 Å². The van der Waals surface area contributed by atoms with Crippen LogP contribution in [0.4, 0.5) is 5.69 Å². The van der Waals surface area contributed by atoms with E-state index >= 15 is 0 Å². The summed E-state index contributed by atoms with van der Waals surface area (Å²) in [6.45, 7) is 8.98. The number of amides is 2. The Morgan fingerprint density at radius 3 is 2.22 bits per heavy atom. The largest absolute Gasteiger partial charge is 0.497 e. The standard InChI is InChI=1S/C27H39N3O6S/c1-9-22(26(32)28-27(3,4)5)29(17-20-13-11-10-12-19(20)2)25(31)18-30(37(8,33)34)23-16-21(35-6)14-15-24(23)36-7/h10-16,22H,9,17-18H2,1-8H3,(H,28,32)/t22-/m0/s1. The number of carbonyl (C=O) groups excluding carboxylic acids is 2. The van der Waals surface area contributed by atoms with Crippen molar-refractivity contribution in [3.63, 3.8) is 0 Å². The Labute approximate surface area is 220 Å². The number of nitrogens with zero attached hydrogens (tertiary/aromatic N) is 2. The number of hydrogen-bond donors (Lipinski definition) is 1. The van der Waals surface area contributed by atoms with E-state index in [0.717, 1.165) is 21.7 Å². The Kier molecular flexibility index (Phi) is 9.97. The van der Waals surface area contributed by atoms with Crippen molar-refractivity contribution < 1.29 is 27.5 Å². The molecule has 10 heteroatoms. The lowest BCUT2D eigenvalue weighted by atomic mass is 10.0. The zero-order valence-corrected chi connectivity index (χ0v) is 23.8. The third-order valence-electron chi connectivity index (χ3n) is 5.82. The van der Waals surface area contributed by atoms with E-state index in [-0.39, 0.29) is 23.9 Å². The predicted molar refractivity (Wildman–Crippen MR) is 145 cm³/mol. The van der Waals surface area contributed by atoms with Gasteiger partial charge in [0.25, 0.3) is 0 Å². The van der Waals surface area contributed by atoms with E-state index in [0.29, 0.717) is 12.2 Å². The normalized spacial score (nSPS) is 12.4. The Morgan fingerprint density at radius 1 is 1.05 bits per heavy atom.